The van der Waals surface area contributed by atoms with E-state index in [2.05, 4.69) is 80.7 Å². The second kappa shape index (κ2) is 29.1. The molecule has 0 bridgehead atoms. The molecule has 9 N–H and O–H groups in total. The summed E-state index contributed by atoms with van der Waals surface area (Å²) in [5, 5.41) is 32.8. The first-order chi connectivity index (χ1) is 25.3. The summed E-state index contributed by atoms with van der Waals surface area (Å²) >= 11 is 0. The van der Waals surface area contributed by atoms with Crippen LogP contribution in [0.15, 0.2) is 18.2 Å². The van der Waals surface area contributed by atoms with Crippen molar-refractivity contribution in [3.8, 4) is 0 Å². The molecule has 1 aromatic carbocycles. The summed E-state index contributed by atoms with van der Waals surface area (Å²) in [6.45, 7) is 29.0. The molecule has 294 valence electrons. The van der Waals surface area contributed by atoms with Gasteiger partial charge in [0.05, 0.1) is 0 Å². The molecule has 0 radical (unpaired) electrons. The quantitative estimate of drug-likeness (QED) is 0.194. The van der Waals surface area contributed by atoms with Crippen LogP contribution in [0.5, 0.6) is 0 Å². The van der Waals surface area contributed by atoms with Gasteiger partial charge in [-0.05, 0) is 134 Å². The third-order valence-electron chi connectivity index (χ3n) is 10.2. The minimum absolute atomic E-state index is 1.02. The average Bonchev–Trinajstić information content (AvgIpc) is 3.13. The number of rotatable bonds is 6. The third-order valence-corrected chi connectivity index (χ3v) is 10.2. The number of hydrogen-bond acceptors (Lipinski definition) is 12. The zero-order valence-corrected chi connectivity index (χ0v) is 32.4. The Morgan fingerprint density at radius 1 is 0.275 bits per heavy atom. The van der Waals surface area contributed by atoms with Crippen LogP contribution >= 0.6 is 0 Å². The molecular weight excluding hydrogens is 637 g/mol. The average molecular weight is 715 g/mol. The fourth-order valence-electron chi connectivity index (χ4n) is 7.36. The predicted molar refractivity (Wildman–Crippen MR) is 216 cm³/mol. The molecule has 0 saturated carbocycles. The molecule has 3 fully saturated rings. The Morgan fingerprint density at radius 3 is 0.784 bits per heavy atom. The lowest BCUT2D eigenvalue weighted by atomic mass is 10.0. The van der Waals surface area contributed by atoms with Crippen LogP contribution in [0.2, 0.25) is 0 Å². The molecule has 12 heteroatoms. The summed E-state index contributed by atoms with van der Waals surface area (Å²) in [6, 6.07) is 7.62. The van der Waals surface area contributed by atoms with E-state index in [0.29, 0.717) is 0 Å². The maximum Gasteiger partial charge on any atom is 0.0234 e. The Morgan fingerprint density at radius 2 is 0.510 bits per heavy atom. The van der Waals surface area contributed by atoms with Gasteiger partial charge in [0, 0.05) is 98.2 Å². The molecule has 3 saturated heterocycles. The van der Waals surface area contributed by atoms with Crippen molar-refractivity contribution in [2.45, 2.75) is 58.2 Å². The van der Waals surface area contributed by atoms with Gasteiger partial charge in [-0.2, -0.15) is 0 Å². The van der Waals surface area contributed by atoms with E-state index in [0.717, 1.165) is 177 Å². The van der Waals surface area contributed by atoms with Gasteiger partial charge in [-0.15, -0.1) is 0 Å². The van der Waals surface area contributed by atoms with E-state index in [1.54, 1.807) is 0 Å². The number of nitrogens with zero attached hydrogens (tertiary/aromatic N) is 3. The van der Waals surface area contributed by atoms with Crippen LogP contribution in [0.3, 0.4) is 0 Å². The van der Waals surface area contributed by atoms with Crippen molar-refractivity contribution < 1.29 is 0 Å². The normalized spacial score (nSPS) is 23.8. The Bertz CT molecular complexity index is 795. The standard InChI is InChI=1S/C39H78N12/c1-7-40-16-19-43-13-4-25-49(28-22-46-10-1)34-37-31-38(35-50-26-5-14-44-20-17-41-8-2-11-47-23-29-50)33-39(32-37)36-51-27-6-15-45-21-18-42-9-3-12-48-24-30-51/h31-33,40-48H,1-30,34-36H2. The Labute approximate surface area is 312 Å². The van der Waals surface area contributed by atoms with E-state index in [-0.39, 0.29) is 0 Å². The lowest BCUT2D eigenvalue weighted by molar-refractivity contribution is 0.252. The lowest BCUT2D eigenvalue weighted by Gasteiger charge is -2.27. The first kappa shape index (κ1) is 42.5. The predicted octanol–water partition coefficient (Wildman–Crippen LogP) is -0.220. The first-order valence-electron chi connectivity index (χ1n) is 21.0. The SMILES string of the molecule is c1c(CN2CCCNCCNCCCNCC2)cc(CN2CCCNCCNCCCNCC2)cc1CN1CCCNCCNCCCNCC1. The molecule has 51 heavy (non-hydrogen) atoms. The summed E-state index contributed by atoms with van der Waals surface area (Å²) in [5.74, 6) is 0. The topological polar surface area (TPSA) is 118 Å². The first-order valence-corrected chi connectivity index (χ1v) is 21.0. The smallest absolute Gasteiger partial charge is 0.0234 e. The molecule has 0 aliphatic carbocycles. The van der Waals surface area contributed by atoms with Gasteiger partial charge >= 0.3 is 0 Å². The minimum atomic E-state index is 1.02. The highest BCUT2D eigenvalue weighted by Crippen LogP contribution is 2.17. The van der Waals surface area contributed by atoms with Gasteiger partial charge in [0.1, 0.15) is 0 Å². The summed E-state index contributed by atoms with van der Waals surface area (Å²) in [5.41, 5.74) is 4.43. The van der Waals surface area contributed by atoms with Crippen LogP contribution in [0.4, 0.5) is 0 Å². The van der Waals surface area contributed by atoms with E-state index < -0.39 is 0 Å². The largest absolute Gasteiger partial charge is 0.315 e. The molecule has 0 unspecified atom stereocenters. The number of hydrogen-bond donors (Lipinski definition) is 9. The molecule has 0 amide bonds. The van der Waals surface area contributed by atoms with Crippen molar-refractivity contribution in [3.63, 3.8) is 0 Å². The van der Waals surface area contributed by atoms with E-state index in [1.807, 2.05) is 0 Å². The van der Waals surface area contributed by atoms with Gasteiger partial charge in [0.2, 0.25) is 0 Å². The lowest BCUT2D eigenvalue weighted by Crippen LogP contribution is -2.37. The molecule has 3 heterocycles. The Balaban J connectivity index is 1.47. The van der Waals surface area contributed by atoms with Crippen LogP contribution in [0.1, 0.15) is 55.2 Å². The van der Waals surface area contributed by atoms with Gasteiger partial charge in [0.25, 0.3) is 0 Å². The molecule has 4 rings (SSSR count). The molecular formula is C39H78N12. The Hall–Kier alpha value is -1.26. The minimum Gasteiger partial charge on any atom is -0.315 e. The van der Waals surface area contributed by atoms with E-state index in [9.17, 15) is 0 Å². The molecule has 0 spiro atoms. The van der Waals surface area contributed by atoms with Gasteiger partial charge in [0.15, 0.2) is 0 Å². The second-order valence-corrected chi connectivity index (χ2v) is 14.9. The van der Waals surface area contributed by atoms with Crippen LogP contribution in [-0.2, 0) is 19.6 Å². The monoisotopic (exact) mass is 715 g/mol. The van der Waals surface area contributed by atoms with Crippen molar-refractivity contribution >= 4 is 0 Å². The zero-order chi connectivity index (χ0) is 35.3. The zero-order valence-electron chi connectivity index (χ0n) is 32.4. The summed E-state index contributed by atoms with van der Waals surface area (Å²) in [4.78, 5) is 8.08. The van der Waals surface area contributed by atoms with Crippen LogP contribution < -0.4 is 47.9 Å². The third kappa shape index (κ3) is 21.3. The molecule has 3 aliphatic rings. The van der Waals surface area contributed by atoms with Crippen molar-refractivity contribution in [2.75, 3.05) is 157 Å². The highest BCUT2D eigenvalue weighted by atomic mass is 15.2. The molecule has 0 aromatic heterocycles. The van der Waals surface area contributed by atoms with Crippen LogP contribution in [0.25, 0.3) is 0 Å². The second-order valence-electron chi connectivity index (χ2n) is 14.9. The van der Waals surface area contributed by atoms with Gasteiger partial charge in [-0.25, -0.2) is 0 Å². The van der Waals surface area contributed by atoms with E-state index in [1.165, 1.54) is 55.2 Å². The highest BCUT2D eigenvalue weighted by molar-refractivity contribution is 5.30. The van der Waals surface area contributed by atoms with E-state index in [4.69, 9.17) is 0 Å². The fourth-order valence-corrected chi connectivity index (χ4v) is 7.36. The van der Waals surface area contributed by atoms with Crippen LogP contribution in [-0.4, -0.2) is 172 Å². The maximum absolute atomic E-state index is 3.72. The number of benzene rings is 1. The van der Waals surface area contributed by atoms with Crippen molar-refractivity contribution in [1.29, 1.82) is 0 Å². The van der Waals surface area contributed by atoms with Gasteiger partial charge in [-0.1, -0.05) is 18.2 Å². The van der Waals surface area contributed by atoms with Crippen molar-refractivity contribution in [1.82, 2.24) is 62.6 Å². The van der Waals surface area contributed by atoms with Crippen molar-refractivity contribution in [3.05, 3.63) is 34.9 Å². The summed E-state index contributed by atoms with van der Waals surface area (Å²) in [6.07, 6.45) is 7.10. The Kier molecular flexibility index (Phi) is 24.3. The van der Waals surface area contributed by atoms with Gasteiger partial charge < -0.3 is 47.9 Å². The molecule has 12 nitrogen and oxygen atoms in total. The summed E-state index contributed by atoms with van der Waals surface area (Å²) < 4.78 is 0. The van der Waals surface area contributed by atoms with Gasteiger partial charge in [-0.3, -0.25) is 14.7 Å². The van der Waals surface area contributed by atoms with E-state index >= 15 is 0 Å². The molecule has 1 aromatic rings. The highest BCUT2D eigenvalue weighted by Gasteiger charge is 2.14. The van der Waals surface area contributed by atoms with Crippen molar-refractivity contribution in [2.24, 2.45) is 0 Å². The fraction of sp³-hybridized carbons (Fsp3) is 0.846. The molecule has 3 aliphatic heterocycles. The molecule has 0 atom stereocenters. The summed E-state index contributed by atoms with van der Waals surface area (Å²) in [7, 11) is 0. The van der Waals surface area contributed by atoms with Crippen LogP contribution in [0, 0.1) is 0 Å². The number of nitrogens with one attached hydrogen (secondary N) is 9. The maximum atomic E-state index is 3.72.